The molecule has 0 bridgehead atoms. The number of aliphatic hydroxyl groups is 1. The van der Waals surface area contributed by atoms with E-state index >= 15 is 0 Å². The van der Waals surface area contributed by atoms with E-state index in [-0.39, 0.29) is 12.6 Å². The molecule has 0 aliphatic carbocycles. The molecule has 1 aliphatic heterocycles. The lowest BCUT2D eigenvalue weighted by Crippen LogP contribution is -2.38. The van der Waals surface area contributed by atoms with Gasteiger partial charge in [-0.3, -0.25) is 4.90 Å². The summed E-state index contributed by atoms with van der Waals surface area (Å²) in [4.78, 5) is 2.37. The summed E-state index contributed by atoms with van der Waals surface area (Å²) >= 11 is 0. The van der Waals surface area contributed by atoms with Crippen LogP contribution in [-0.4, -0.2) is 29.8 Å². The highest BCUT2D eigenvalue weighted by atomic mass is 16.5. The zero-order chi connectivity index (χ0) is 13.8. The zero-order valence-electron chi connectivity index (χ0n) is 11.4. The van der Waals surface area contributed by atoms with Crippen molar-refractivity contribution < 1.29 is 14.3 Å². The summed E-state index contributed by atoms with van der Waals surface area (Å²) in [6.07, 6.45) is 1.71. The third-order valence-electron chi connectivity index (χ3n) is 3.70. The second-order valence-corrected chi connectivity index (χ2v) is 5.05. The normalized spacial score (nSPS) is 20.1. The third-order valence-corrected chi connectivity index (χ3v) is 3.70. The van der Waals surface area contributed by atoms with Gasteiger partial charge in [0.15, 0.2) is 0 Å². The Morgan fingerprint density at radius 1 is 1.15 bits per heavy atom. The van der Waals surface area contributed by atoms with E-state index in [1.807, 2.05) is 24.3 Å². The molecule has 1 atom stereocenters. The Morgan fingerprint density at radius 3 is 2.65 bits per heavy atom. The van der Waals surface area contributed by atoms with Crippen LogP contribution in [0, 0.1) is 0 Å². The number of aliphatic hydroxyl groups excluding tert-OH is 1. The van der Waals surface area contributed by atoms with Gasteiger partial charge in [0.05, 0.1) is 32.1 Å². The molecule has 3 rings (SSSR count). The van der Waals surface area contributed by atoms with Crippen LogP contribution in [0.15, 0.2) is 47.1 Å². The van der Waals surface area contributed by atoms with Gasteiger partial charge in [-0.15, -0.1) is 0 Å². The Bertz CT molecular complexity index is 521. The minimum absolute atomic E-state index is 0.0901. The van der Waals surface area contributed by atoms with Crippen molar-refractivity contribution >= 4 is 0 Å². The number of hydrogen-bond donors (Lipinski definition) is 1. The SMILES string of the molecule is OCc1ccc(CN2CCOCC2c2ccco2)cc1. The summed E-state index contributed by atoms with van der Waals surface area (Å²) in [5.41, 5.74) is 2.18. The summed E-state index contributed by atoms with van der Waals surface area (Å²) < 4.78 is 11.1. The van der Waals surface area contributed by atoms with Gasteiger partial charge >= 0.3 is 0 Å². The third kappa shape index (κ3) is 2.93. The molecule has 0 radical (unpaired) electrons. The standard InChI is InChI=1S/C16H19NO3/c18-11-14-5-3-13(4-6-14)10-17-7-9-19-12-15(17)16-2-1-8-20-16/h1-6,8,15,18H,7,9-12H2. The molecule has 0 amide bonds. The number of morpholine rings is 1. The van der Waals surface area contributed by atoms with Gasteiger partial charge in [0.25, 0.3) is 0 Å². The molecule has 1 fully saturated rings. The predicted molar refractivity (Wildman–Crippen MR) is 75.0 cm³/mol. The summed E-state index contributed by atoms with van der Waals surface area (Å²) in [7, 11) is 0. The smallest absolute Gasteiger partial charge is 0.123 e. The monoisotopic (exact) mass is 273 g/mol. The molecular weight excluding hydrogens is 254 g/mol. The lowest BCUT2D eigenvalue weighted by atomic mass is 10.1. The molecule has 1 aliphatic rings. The maximum Gasteiger partial charge on any atom is 0.123 e. The lowest BCUT2D eigenvalue weighted by Gasteiger charge is -2.34. The van der Waals surface area contributed by atoms with E-state index in [1.165, 1.54) is 5.56 Å². The maximum absolute atomic E-state index is 9.08. The maximum atomic E-state index is 9.08. The number of ether oxygens (including phenoxy) is 1. The van der Waals surface area contributed by atoms with Crippen molar-refractivity contribution in [1.29, 1.82) is 0 Å². The summed E-state index contributed by atoms with van der Waals surface area (Å²) in [5.74, 6) is 0.955. The summed E-state index contributed by atoms with van der Waals surface area (Å²) in [6.45, 7) is 3.27. The van der Waals surface area contributed by atoms with E-state index < -0.39 is 0 Å². The first-order chi connectivity index (χ1) is 9.86. The first kappa shape index (κ1) is 13.4. The van der Waals surface area contributed by atoms with Crippen LogP contribution in [-0.2, 0) is 17.9 Å². The predicted octanol–water partition coefficient (Wildman–Crippen LogP) is 2.35. The van der Waals surface area contributed by atoms with Gasteiger partial charge in [-0.05, 0) is 23.3 Å². The van der Waals surface area contributed by atoms with E-state index in [4.69, 9.17) is 14.3 Å². The molecule has 0 spiro atoms. The number of benzene rings is 1. The molecule has 1 unspecified atom stereocenters. The number of rotatable bonds is 4. The van der Waals surface area contributed by atoms with Crippen molar-refractivity contribution in [3.8, 4) is 0 Å². The molecule has 1 saturated heterocycles. The Kier molecular flexibility index (Phi) is 4.16. The first-order valence-electron chi connectivity index (χ1n) is 6.90. The topological polar surface area (TPSA) is 45.8 Å². The Labute approximate surface area is 118 Å². The summed E-state index contributed by atoms with van der Waals surface area (Å²) in [6, 6.07) is 12.2. The van der Waals surface area contributed by atoms with Crippen molar-refractivity contribution in [2.45, 2.75) is 19.2 Å². The molecule has 4 nitrogen and oxygen atoms in total. The second kappa shape index (κ2) is 6.22. The van der Waals surface area contributed by atoms with E-state index in [1.54, 1.807) is 6.26 Å². The molecule has 20 heavy (non-hydrogen) atoms. The fourth-order valence-electron chi connectivity index (χ4n) is 2.55. The van der Waals surface area contributed by atoms with Crippen molar-refractivity contribution in [3.05, 3.63) is 59.5 Å². The van der Waals surface area contributed by atoms with Crippen molar-refractivity contribution in [1.82, 2.24) is 4.90 Å². The molecule has 106 valence electrons. The number of furan rings is 1. The molecule has 1 N–H and O–H groups in total. The first-order valence-corrected chi connectivity index (χ1v) is 6.90. The van der Waals surface area contributed by atoms with Gasteiger partial charge < -0.3 is 14.3 Å². The van der Waals surface area contributed by atoms with Crippen molar-refractivity contribution in [2.75, 3.05) is 19.8 Å². The van der Waals surface area contributed by atoms with Gasteiger partial charge in [-0.2, -0.15) is 0 Å². The number of hydrogen-bond acceptors (Lipinski definition) is 4. The van der Waals surface area contributed by atoms with Crippen molar-refractivity contribution in [3.63, 3.8) is 0 Å². The van der Waals surface area contributed by atoms with Crippen LogP contribution in [0.25, 0.3) is 0 Å². The van der Waals surface area contributed by atoms with Crippen molar-refractivity contribution in [2.24, 2.45) is 0 Å². The average molecular weight is 273 g/mol. The molecule has 0 saturated carbocycles. The average Bonchev–Trinajstić information content (AvgIpc) is 3.03. The second-order valence-electron chi connectivity index (χ2n) is 5.05. The quantitative estimate of drug-likeness (QED) is 0.929. The molecule has 1 aromatic carbocycles. The van der Waals surface area contributed by atoms with Crippen LogP contribution >= 0.6 is 0 Å². The van der Waals surface area contributed by atoms with Gasteiger partial charge in [0.1, 0.15) is 5.76 Å². The van der Waals surface area contributed by atoms with Crippen LogP contribution in [0.4, 0.5) is 0 Å². The highest BCUT2D eigenvalue weighted by molar-refractivity contribution is 5.22. The van der Waals surface area contributed by atoms with Crippen LogP contribution in [0.3, 0.4) is 0 Å². The Morgan fingerprint density at radius 2 is 1.95 bits per heavy atom. The molecule has 2 aromatic rings. The van der Waals surface area contributed by atoms with Crippen LogP contribution < -0.4 is 0 Å². The Hall–Kier alpha value is -1.62. The van der Waals surface area contributed by atoms with Crippen LogP contribution in [0.1, 0.15) is 22.9 Å². The van der Waals surface area contributed by atoms with E-state index in [9.17, 15) is 0 Å². The fraction of sp³-hybridized carbons (Fsp3) is 0.375. The van der Waals surface area contributed by atoms with E-state index in [0.717, 1.165) is 31.0 Å². The van der Waals surface area contributed by atoms with E-state index in [2.05, 4.69) is 17.0 Å². The molecule has 2 heterocycles. The largest absolute Gasteiger partial charge is 0.468 e. The highest BCUT2D eigenvalue weighted by Crippen LogP contribution is 2.26. The zero-order valence-corrected chi connectivity index (χ0v) is 11.4. The van der Waals surface area contributed by atoms with Crippen LogP contribution in [0.2, 0.25) is 0 Å². The summed E-state index contributed by atoms with van der Waals surface area (Å²) in [5, 5.41) is 9.08. The minimum Gasteiger partial charge on any atom is -0.468 e. The minimum atomic E-state index is 0.0901. The van der Waals surface area contributed by atoms with Gasteiger partial charge in [-0.1, -0.05) is 24.3 Å². The van der Waals surface area contributed by atoms with Gasteiger partial charge in [-0.25, -0.2) is 0 Å². The molecular formula is C16H19NO3. The van der Waals surface area contributed by atoms with E-state index in [0.29, 0.717) is 6.61 Å². The number of nitrogens with zero attached hydrogens (tertiary/aromatic N) is 1. The molecule has 1 aromatic heterocycles. The lowest BCUT2D eigenvalue weighted by molar-refractivity contribution is -0.0203. The molecule has 4 heteroatoms. The Balaban J connectivity index is 1.73. The van der Waals surface area contributed by atoms with Gasteiger partial charge in [0.2, 0.25) is 0 Å². The highest BCUT2D eigenvalue weighted by Gasteiger charge is 2.26. The van der Waals surface area contributed by atoms with Crippen LogP contribution in [0.5, 0.6) is 0 Å². The fourth-order valence-corrected chi connectivity index (χ4v) is 2.55. The van der Waals surface area contributed by atoms with Gasteiger partial charge in [0, 0.05) is 13.1 Å².